The minimum Gasteiger partial charge on any atom is -0.292 e. The number of fused-ring (bicyclic) bond motifs is 11. The molecule has 0 aliphatic carbocycles. The molecule has 0 aliphatic rings. The lowest BCUT2D eigenvalue weighted by Gasteiger charge is -2.14. The average molecular weight is 445 g/mol. The first-order valence-electron chi connectivity index (χ1n) is 12.0. The number of pyridine rings is 1. The highest BCUT2D eigenvalue weighted by molar-refractivity contribution is 6.17. The highest BCUT2D eigenvalue weighted by Gasteiger charge is 2.15. The Bertz CT molecular complexity index is 2110. The van der Waals surface area contributed by atoms with Crippen LogP contribution in [0.25, 0.3) is 71.0 Å². The standard InChI is InChI=1S/C33H20N2/c1-2-10-23-21(9-1)19-28(25-12-4-3-11-24(23)25)22-17-18-31-29(20-22)26-13-5-6-14-27(26)33-34-30-15-7-8-16-32(30)35(31)33/h1-20H. The van der Waals surface area contributed by atoms with E-state index >= 15 is 0 Å². The van der Waals surface area contributed by atoms with Crippen molar-refractivity contribution in [3.8, 4) is 11.1 Å². The zero-order valence-corrected chi connectivity index (χ0v) is 18.9. The zero-order valence-electron chi connectivity index (χ0n) is 18.9. The number of aromatic nitrogens is 2. The highest BCUT2D eigenvalue weighted by Crippen LogP contribution is 2.38. The third-order valence-corrected chi connectivity index (χ3v) is 7.34. The maximum atomic E-state index is 5.01. The first-order chi connectivity index (χ1) is 17.4. The van der Waals surface area contributed by atoms with E-state index in [1.165, 1.54) is 54.3 Å². The van der Waals surface area contributed by atoms with Crippen LogP contribution in [-0.4, -0.2) is 9.38 Å². The van der Waals surface area contributed by atoms with Gasteiger partial charge in [0.1, 0.15) is 5.65 Å². The Morgan fingerprint density at radius 1 is 0.457 bits per heavy atom. The van der Waals surface area contributed by atoms with E-state index in [-0.39, 0.29) is 0 Å². The number of para-hydroxylation sites is 2. The monoisotopic (exact) mass is 444 g/mol. The number of hydrogen-bond acceptors (Lipinski definition) is 1. The van der Waals surface area contributed by atoms with Gasteiger partial charge in [-0.1, -0.05) is 91.0 Å². The van der Waals surface area contributed by atoms with Crippen LogP contribution in [0.1, 0.15) is 0 Å². The Morgan fingerprint density at radius 2 is 1.11 bits per heavy atom. The molecule has 0 radical (unpaired) electrons. The summed E-state index contributed by atoms with van der Waals surface area (Å²) >= 11 is 0. The van der Waals surface area contributed by atoms with Crippen molar-refractivity contribution in [1.29, 1.82) is 0 Å². The average Bonchev–Trinajstić information content (AvgIpc) is 3.33. The molecule has 2 heterocycles. The van der Waals surface area contributed by atoms with Gasteiger partial charge in [-0.05, 0) is 68.4 Å². The van der Waals surface area contributed by atoms with Crippen molar-refractivity contribution in [2.75, 3.05) is 0 Å². The summed E-state index contributed by atoms with van der Waals surface area (Å²) in [5, 5.41) is 8.79. The third kappa shape index (κ3) is 2.57. The SMILES string of the molecule is c1ccc2c(c1)cc(-c1ccc3c(c1)c1ccccc1c1nc4ccccc4n31)c1ccccc12. The quantitative estimate of drug-likeness (QED) is 0.231. The molecule has 0 atom stereocenters. The van der Waals surface area contributed by atoms with Crippen LogP contribution >= 0.6 is 0 Å². The van der Waals surface area contributed by atoms with Gasteiger partial charge in [-0.2, -0.15) is 0 Å². The Labute approximate surface area is 201 Å². The van der Waals surface area contributed by atoms with Crippen LogP contribution in [0.4, 0.5) is 0 Å². The molecule has 0 amide bonds. The molecular weight excluding hydrogens is 424 g/mol. The summed E-state index contributed by atoms with van der Waals surface area (Å²) in [5.41, 5.74) is 6.85. The Kier molecular flexibility index (Phi) is 3.69. The third-order valence-electron chi connectivity index (χ3n) is 7.34. The van der Waals surface area contributed by atoms with E-state index in [0.29, 0.717) is 0 Å². The first kappa shape index (κ1) is 18.7. The Hall–Kier alpha value is -4.69. The molecule has 8 rings (SSSR count). The van der Waals surface area contributed by atoms with Crippen molar-refractivity contribution in [3.63, 3.8) is 0 Å². The van der Waals surface area contributed by atoms with E-state index in [1.54, 1.807) is 0 Å². The van der Waals surface area contributed by atoms with Gasteiger partial charge in [-0.15, -0.1) is 0 Å². The largest absolute Gasteiger partial charge is 0.292 e. The van der Waals surface area contributed by atoms with Crippen molar-refractivity contribution < 1.29 is 0 Å². The first-order valence-corrected chi connectivity index (χ1v) is 12.0. The van der Waals surface area contributed by atoms with Crippen LogP contribution in [0.3, 0.4) is 0 Å². The summed E-state index contributed by atoms with van der Waals surface area (Å²) in [5.74, 6) is 0. The van der Waals surface area contributed by atoms with Gasteiger partial charge in [-0.3, -0.25) is 4.40 Å². The maximum Gasteiger partial charge on any atom is 0.146 e. The molecule has 2 aromatic heterocycles. The molecule has 2 nitrogen and oxygen atoms in total. The summed E-state index contributed by atoms with van der Waals surface area (Å²) in [7, 11) is 0. The van der Waals surface area contributed by atoms with Gasteiger partial charge in [0.15, 0.2) is 0 Å². The number of nitrogens with zero attached hydrogens (tertiary/aromatic N) is 2. The molecule has 6 aromatic carbocycles. The fourth-order valence-electron chi connectivity index (χ4n) is 5.77. The lowest BCUT2D eigenvalue weighted by Crippen LogP contribution is -1.92. The second-order valence-corrected chi connectivity index (χ2v) is 9.23. The fourth-order valence-corrected chi connectivity index (χ4v) is 5.77. The van der Waals surface area contributed by atoms with Crippen LogP contribution in [0.5, 0.6) is 0 Å². The van der Waals surface area contributed by atoms with E-state index in [1.807, 2.05) is 0 Å². The van der Waals surface area contributed by atoms with Crippen LogP contribution in [0, 0.1) is 0 Å². The Balaban J connectivity index is 1.54. The summed E-state index contributed by atoms with van der Waals surface area (Å²) in [6, 6.07) is 43.7. The van der Waals surface area contributed by atoms with Gasteiger partial charge in [-0.25, -0.2) is 4.98 Å². The minimum atomic E-state index is 1.01. The molecule has 0 N–H and O–H groups in total. The molecule has 0 fully saturated rings. The summed E-state index contributed by atoms with van der Waals surface area (Å²) in [6.45, 7) is 0. The molecule has 0 bridgehead atoms. The molecule has 2 heteroatoms. The second-order valence-electron chi connectivity index (χ2n) is 9.23. The number of hydrogen-bond donors (Lipinski definition) is 0. The summed E-state index contributed by atoms with van der Waals surface area (Å²) in [4.78, 5) is 5.01. The minimum absolute atomic E-state index is 1.01. The van der Waals surface area contributed by atoms with Gasteiger partial charge in [0.05, 0.1) is 16.6 Å². The molecular formula is C33H20N2. The number of imidazole rings is 1. The van der Waals surface area contributed by atoms with E-state index < -0.39 is 0 Å². The molecule has 0 saturated carbocycles. The fraction of sp³-hybridized carbons (Fsp3) is 0. The highest BCUT2D eigenvalue weighted by atomic mass is 15.0. The number of rotatable bonds is 1. The molecule has 0 unspecified atom stereocenters. The van der Waals surface area contributed by atoms with Crippen molar-refractivity contribution in [2.45, 2.75) is 0 Å². The van der Waals surface area contributed by atoms with E-state index in [0.717, 1.165) is 16.7 Å². The van der Waals surface area contributed by atoms with Gasteiger partial charge >= 0.3 is 0 Å². The lowest BCUT2D eigenvalue weighted by atomic mass is 9.92. The molecule has 0 spiro atoms. The molecule has 35 heavy (non-hydrogen) atoms. The smallest absolute Gasteiger partial charge is 0.146 e. The number of benzene rings is 6. The van der Waals surface area contributed by atoms with Gasteiger partial charge in [0.25, 0.3) is 0 Å². The van der Waals surface area contributed by atoms with Crippen molar-refractivity contribution in [2.24, 2.45) is 0 Å². The Morgan fingerprint density at radius 3 is 1.97 bits per heavy atom. The predicted octanol–water partition coefficient (Wildman–Crippen LogP) is 8.77. The van der Waals surface area contributed by atoms with E-state index in [4.69, 9.17) is 4.98 Å². The molecule has 0 saturated heterocycles. The zero-order chi connectivity index (χ0) is 22.9. The summed E-state index contributed by atoms with van der Waals surface area (Å²) < 4.78 is 2.31. The van der Waals surface area contributed by atoms with E-state index in [2.05, 4.69) is 126 Å². The van der Waals surface area contributed by atoms with Crippen LogP contribution in [0.15, 0.2) is 121 Å². The second kappa shape index (κ2) is 6.91. The van der Waals surface area contributed by atoms with Gasteiger partial charge in [0, 0.05) is 10.8 Å². The maximum absolute atomic E-state index is 5.01. The van der Waals surface area contributed by atoms with Crippen LogP contribution < -0.4 is 0 Å². The van der Waals surface area contributed by atoms with Gasteiger partial charge in [0.2, 0.25) is 0 Å². The van der Waals surface area contributed by atoms with Crippen molar-refractivity contribution >= 4 is 59.9 Å². The predicted molar refractivity (Wildman–Crippen MR) is 148 cm³/mol. The topological polar surface area (TPSA) is 17.3 Å². The lowest BCUT2D eigenvalue weighted by molar-refractivity contribution is 1.31. The molecule has 162 valence electrons. The summed E-state index contributed by atoms with van der Waals surface area (Å²) in [6.07, 6.45) is 0. The van der Waals surface area contributed by atoms with Crippen LogP contribution in [0.2, 0.25) is 0 Å². The van der Waals surface area contributed by atoms with Crippen LogP contribution in [-0.2, 0) is 0 Å². The molecule has 0 aliphatic heterocycles. The van der Waals surface area contributed by atoms with Gasteiger partial charge < -0.3 is 0 Å². The molecule has 8 aromatic rings. The van der Waals surface area contributed by atoms with E-state index in [9.17, 15) is 0 Å². The van der Waals surface area contributed by atoms with Crippen molar-refractivity contribution in [1.82, 2.24) is 9.38 Å². The normalized spacial score (nSPS) is 12.0. The van der Waals surface area contributed by atoms with Crippen molar-refractivity contribution in [3.05, 3.63) is 121 Å².